The highest BCUT2D eigenvalue weighted by Crippen LogP contribution is 2.33. The Kier molecular flexibility index (Phi) is 5.47. The molecule has 0 saturated carbocycles. The van der Waals surface area contributed by atoms with Crippen molar-refractivity contribution >= 4 is 75.4 Å². The van der Waals surface area contributed by atoms with E-state index in [9.17, 15) is 4.79 Å². The molecule has 0 fully saturated rings. The molecule has 0 aromatic heterocycles. The Labute approximate surface area is 146 Å². The minimum Gasteiger partial charge on any atom is -0.308 e. The van der Waals surface area contributed by atoms with Gasteiger partial charge in [0.15, 0.2) is 0 Å². The molecule has 0 saturated heterocycles. The van der Waals surface area contributed by atoms with Crippen LogP contribution < -0.4 is 10.6 Å². The third-order valence-corrected chi connectivity index (χ3v) is 3.98. The van der Waals surface area contributed by atoms with Gasteiger partial charge in [0.1, 0.15) is 0 Å². The lowest BCUT2D eigenvalue weighted by molar-refractivity contribution is 0.262. The molecule has 2 N–H and O–H groups in total. The van der Waals surface area contributed by atoms with Crippen LogP contribution in [0.1, 0.15) is 0 Å². The van der Waals surface area contributed by atoms with Gasteiger partial charge in [0.25, 0.3) is 0 Å². The van der Waals surface area contributed by atoms with Crippen LogP contribution in [0, 0.1) is 0 Å². The molecule has 2 rings (SSSR count). The maximum Gasteiger partial charge on any atom is 0.323 e. The lowest BCUT2D eigenvalue weighted by Gasteiger charge is -2.11. The second-order valence-corrected chi connectivity index (χ2v) is 6.02. The highest BCUT2D eigenvalue weighted by Gasteiger charge is 2.11. The Morgan fingerprint density at radius 3 is 1.95 bits per heavy atom. The van der Waals surface area contributed by atoms with Crippen LogP contribution in [0.5, 0.6) is 0 Å². The van der Waals surface area contributed by atoms with E-state index in [1.807, 2.05) is 0 Å². The number of hydrogen-bond donors (Lipinski definition) is 2. The number of rotatable bonds is 2. The van der Waals surface area contributed by atoms with Crippen LogP contribution in [0.2, 0.25) is 25.1 Å². The van der Waals surface area contributed by atoms with E-state index in [0.717, 1.165) is 0 Å². The number of hydrogen-bond acceptors (Lipinski definition) is 1. The summed E-state index contributed by atoms with van der Waals surface area (Å²) in [6.07, 6.45) is 0. The average molecular weight is 384 g/mol. The smallest absolute Gasteiger partial charge is 0.308 e. The lowest BCUT2D eigenvalue weighted by Crippen LogP contribution is -2.19. The standard InChI is InChI=1S/C13H7Cl5N2O/c14-6-3-10(17)12(11(18)4-6)20-13(21)19-7-1-2-8(15)9(16)5-7/h1-5H,(H2,19,20,21). The topological polar surface area (TPSA) is 41.1 Å². The number of urea groups is 1. The molecule has 2 aromatic rings. The molecule has 110 valence electrons. The first-order valence-electron chi connectivity index (χ1n) is 5.54. The van der Waals surface area contributed by atoms with E-state index in [1.54, 1.807) is 12.1 Å². The van der Waals surface area contributed by atoms with Gasteiger partial charge in [0, 0.05) is 10.7 Å². The van der Waals surface area contributed by atoms with E-state index < -0.39 is 6.03 Å². The Hall–Kier alpha value is -0.840. The zero-order valence-electron chi connectivity index (χ0n) is 10.2. The van der Waals surface area contributed by atoms with Gasteiger partial charge in [-0.25, -0.2) is 4.79 Å². The van der Waals surface area contributed by atoms with E-state index in [1.165, 1.54) is 18.2 Å². The molecule has 0 aliphatic carbocycles. The zero-order valence-corrected chi connectivity index (χ0v) is 14.0. The fraction of sp³-hybridized carbons (Fsp3) is 0. The van der Waals surface area contributed by atoms with Crippen molar-refractivity contribution < 1.29 is 4.79 Å². The van der Waals surface area contributed by atoms with E-state index >= 15 is 0 Å². The second-order valence-electron chi connectivity index (χ2n) is 3.95. The number of halogens is 5. The van der Waals surface area contributed by atoms with Gasteiger partial charge < -0.3 is 10.6 Å². The summed E-state index contributed by atoms with van der Waals surface area (Å²) in [6.45, 7) is 0. The van der Waals surface area contributed by atoms with Crippen LogP contribution in [0.3, 0.4) is 0 Å². The highest BCUT2D eigenvalue weighted by molar-refractivity contribution is 6.43. The fourth-order valence-corrected chi connectivity index (χ4v) is 2.72. The molecule has 0 aliphatic rings. The number of benzene rings is 2. The monoisotopic (exact) mass is 382 g/mol. The van der Waals surface area contributed by atoms with E-state index in [-0.39, 0.29) is 15.7 Å². The molecule has 0 radical (unpaired) electrons. The van der Waals surface area contributed by atoms with Gasteiger partial charge in [0.05, 0.1) is 25.8 Å². The van der Waals surface area contributed by atoms with Crippen molar-refractivity contribution in [1.82, 2.24) is 0 Å². The quantitative estimate of drug-likeness (QED) is 0.602. The lowest BCUT2D eigenvalue weighted by atomic mass is 10.3. The van der Waals surface area contributed by atoms with Crippen LogP contribution in [-0.4, -0.2) is 6.03 Å². The van der Waals surface area contributed by atoms with Gasteiger partial charge >= 0.3 is 6.03 Å². The van der Waals surface area contributed by atoms with Crippen molar-refractivity contribution in [2.24, 2.45) is 0 Å². The summed E-state index contributed by atoms with van der Waals surface area (Å²) in [4.78, 5) is 11.9. The van der Waals surface area contributed by atoms with Crippen molar-refractivity contribution in [2.75, 3.05) is 10.6 Å². The normalized spacial score (nSPS) is 10.3. The summed E-state index contributed by atoms with van der Waals surface area (Å²) in [5, 5.41) is 6.69. The summed E-state index contributed by atoms with van der Waals surface area (Å²) < 4.78 is 0. The van der Waals surface area contributed by atoms with Crippen LogP contribution in [0.15, 0.2) is 30.3 Å². The Morgan fingerprint density at radius 2 is 1.38 bits per heavy atom. The van der Waals surface area contributed by atoms with Gasteiger partial charge in [-0.1, -0.05) is 58.0 Å². The predicted molar refractivity (Wildman–Crippen MR) is 90.6 cm³/mol. The van der Waals surface area contributed by atoms with Gasteiger partial charge in [-0.3, -0.25) is 0 Å². The molecule has 2 aromatic carbocycles. The Morgan fingerprint density at radius 1 is 0.762 bits per heavy atom. The van der Waals surface area contributed by atoms with E-state index in [4.69, 9.17) is 58.0 Å². The Balaban J connectivity index is 2.13. The van der Waals surface area contributed by atoms with Gasteiger partial charge in [0.2, 0.25) is 0 Å². The number of amides is 2. The number of nitrogens with one attached hydrogen (secondary N) is 2. The van der Waals surface area contributed by atoms with Crippen LogP contribution in [0.4, 0.5) is 16.2 Å². The van der Waals surface area contributed by atoms with Crippen molar-refractivity contribution in [3.05, 3.63) is 55.4 Å². The van der Waals surface area contributed by atoms with Crippen LogP contribution in [0.25, 0.3) is 0 Å². The van der Waals surface area contributed by atoms with Crippen molar-refractivity contribution in [2.45, 2.75) is 0 Å². The molecular formula is C13H7Cl5N2O. The first-order chi connectivity index (χ1) is 9.86. The molecule has 8 heteroatoms. The van der Waals surface area contributed by atoms with E-state index in [2.05, 4.69) is 10.6 Å². The summed E-state index contributed by atoms with van der Waals surface area (Å²) in [5.74, 6) is 0. The maximum absolute atomic E-state index is 11.9. The third kappa shape index (κ3) is 4.31. The molecule has 3 nitrogen and oxygen atoms in total. The molecule has 0 unspecified atom stereocenters. The van der Waals surface area contributed by atoms with Crippen LogP contribution in [-0.2, 0) is 0 Å². The molecule has 2 amide bonds. The van der Waals surface area contributed by atoms with Crippen molar-refractivity contribution in [1.29, 1.82) is 0 Å². The molecule has 0 spiro atoms. The van der Waals surface area contributed by atoms with Crippen molar-refractivity contribution in [3.8, 4) is 0 Å². The fourth-order valence-electron chi connectivity index (χ4n) is 1.51. The van der Waals surface area contributed by atoms with Gasteiger partial charge in [-0.15, -0.1) is 0 Å². The van der Waals surface area contributed by atoms with E-state index in [0.29, 0.717) is 20.8 Å². The third-order valence-electron chi connectivity index (χ3n) is 2.42. The summed E-state index contributed by atoms with van der Waals surface area (Å²) in [5.41, 5.74) is 0.739. The molecule has 0 heterocycles. The Bertz CT molecular complexity index is 682. The first-order valence-corrected chi connectivity index (χ1v) is 7.43. The molecule has 0 aliphatic heterocycles. The van der Waals surface area contributed by atoms with Gasteiger partial charge in [-0.2, -0.15) is 0 Å². The highest BCUT2D eigenvalue weighted by atomic mass is 35.5. The molecule has 0 atom stereocenters. The zero-order chi connectivity index (χ0) is 15.6. The number of carbonyl (C=O) groups excluding carboxylic acids is 1. The average Bonchev–Trinajstić information content (AvgIpc) is 2.38. The minimum atomic E-state index is -0.528. The molecule has 21 heavy (non-hydrogen) atoms. The molecule has 0 bridgehead atoms. The predicted octanol–water partition coefficient (Wildman–Crippen LogP) is 6.60. The van der Waals surface area contributed by atoms with Crippen molar-refractivity contribution in [3.63, 3.8) is 0 Å². The minimum absolute atomic E-state index is 0.233. The summed E-state index contributed by atoms with van der Waals surface area (Å²) >= 11 is 29.4. The second kappa shape index (κ2) is 6.95. The number of anilines is 2. The maximum atomic E-state index is 11.9. The molecular weight excluding hydrogens is 377 g/mol. The first kappa shape index (κ1) is 16.5. The SMILES string of the molecule is O=C(Nc1ccc(Cl)c(Cl)c1)Nc1c(Cl)cc(Cl)cc1Cl. The summed E-state index contributed by atoms with van der Waals surface area (Å²) in [6, 6.07) is 7.13. The largest absolute Gasteiger partial charge is 0.323 e. The summed E-state index contributed by atoms with van der Waals surface area (Å²) in [7, 11) is 0. The van der Waals surface area contributed by atoms with Crippen LogP contribution >= 0.6 is 58.0 Å². The number of carbonyl (C=O) groups is 1. The van der Waals surface area contributed by atoms with Gasteiger partial charge in [-0.05, 0) is 30.3 Å².